The molecule has 0 saturated carbocycles. The van der Waals surface area contributed by atoms with Crippen molar-refractivity contribution in [2.45, 2.75) is 18.0 Å². The molecule has 0 radical (unpaired) electrons. The minimum Gasteiger partial charge on any atom is -0.352 e. The molecule has 2 aliphatic heterocycles. The second-order valence-corrected chi connectivity index (χ2v) is 11.4. The zero-order valence-electron chi connectivity index (χ0n) is 21.7. The number of nitrogens with zero attached hydrogens (tertiary/aromatic N) is 2. The minimum atomic E-state index is -1.72. The number of hydrogen-bond donors (Lipinski definition) is 0. The number of anilines is 1. The number of nitro benzene ring substituents is 1. The van der Waals surface area contributed by atoms with E-state index in [4.69, 9.17) is 23.2 Å². The van der Waals surface area contributed by atoms with E-state index in [1.54, 1.807) is 36.4 Å². The van der Waals surface area contributed by atoms with Gasteiger partial charge in [0.25, 0.3) is 5.69 Å². The summed E-state index contributed by atoms with van der Waals surface area (Å²) in [6, 6.07) is 22.5. The molecule has 4 aromatic rings. The zero-order valence-corrected chi connectivity index (χ0v) is 23.3. The third-order valence-electron chi connectivity index (χ3n) is 8.64. The second kappa shape index (κ2) is 9.48. The van der Waals surface area contributed by atoms with E-state index in [1.165, 1.54) is 30.3 Å². The number of hydrogen-bond acceptors (Lipinski definition) is 6. The van der Waals surface area contributed by atoms with Crippen molar-refractivity contribution in [1.29, 1.82) is 0 Å². The lowest BCUT2D eigenvalue weighted by atomic mass is 9.64. The fourth-order valence-corrected chi connectivity index (χ4v) is 7.46. The van der Waals surface area contributed by atoms with Crippen molar-refractivity contribution in [1.82, 2.24) is 0 Å². The van der Waals surface area contributed by atoms with Crippen molar-refractivity contribution >= 4 is 58.0 Å². The van der Waals surface area contributed by atoms with Crippen molar-refractivity contribution in [3.8, 4) is 0 Å². The maximum Gasteiger partial charge on any atom is 0.269 e. The van der Waals surface area contributed by atoms with Crippen LogP contribution in [0.3, 0.4) is 0 Å². The summed E-state index contributed by atoms with van der Waals surface area (Å²) < 4.78 is 0. The highest BCUT2D eigenvalue weighted by molar-refractivity contribution is 6.36. The van der Waals surface area contributed by atoms with Crippen molar-refractivity contribution in [3.05, 3.63) is 145 Å². The van der Waals surface area contributed by atoms with Crippen LogP contribution in [0, 0.1) is 15.5 Å². The van der Waals surface area contributed by atoms with Gasteiger partial charge in [0.15, 0.2) is 17.3 Å². The third kappa shape index (κ3) is 3.50. The SMILES string of the molecule is O=C(c1ccc([N+](=O)[O-])cc1)C1C(c2ccc(Cl)cc2Cl)C2(C(=O)c3ccccc3C2=O)C2C=Cc3ccccc3N12. The maximum absolute atomic E-state index is 14.7. The molecule has 1 spiro atoms. The summed E-state index contributed by atoms with van der Waals surface area (Å²) in [5.74, 6) is -2.17. The van der Waals surface area contributed by atoms with E-state index >= 15 is 0 Å². The lowest BCUT2D eigenvalue weighted by Crippen LogP contribution is -2.48. The molecular weight excluding hydrogens is 575 g/mol. The van der Waals surface area contributed by atoms with Gasteiger partial charge in [0.2, 0.25) is 0 Å². The van der Waals surface area contributed by atoms with Crippen molar-refractivity contribution in [2.75, 3.05) is 4.90 Å². The van der Waals surface area contributed by atoms with Gasteiger partial charge in [-0.3, -0.25) is 24.5 Å². The van der Waals surface area contributed by atoms with Crippen molar-refractivity contribution in [3.63, 3.8) is 0 Å². The van der Waals surface area contributed by atoms with E-state index in [0.29, 0.717) is 27.4 Å². The molecule has 7 rings (SSSR count). The number of non-ortho nitro benzene ring substituents is 1. The predicted octanol–water partition coefficient (Wildman–Crippen LogP) is 7.22. The zero-order chi connectivity index (χ0) is 29.3. The fraction of sp³-hybridized carbons (Fsp3) is 0.121. The van der Waals surface area contributed by atoms with E-state index in [-0.39, 0.29) is 27.8 Å². The van der Waals surface area contributed by atoms with E-state index in [9.17, 15) is 24.5 Å². The monoisotopic (exact) mass is 594 g/mol. The van der Waals surface area contributed by atoms with Gasteiger partial charge in [-0.15, -0.1) is 0 Å². The first-order valence-electron chi connectivity index (χ1n) is 13.2. The van der Waals surface area contributed by atoms with Gasteiger partial charge in [-0.25, -0.2) is 0 Å². The number of Topliss-reactive ketones (excluding diaryl/α,β-unsaturated/α-hetero) is 3. The van der Waals surface area contributed by atoms with Crippen LogP contribution in [0.5, 0.6) is 0 Å². The Balaban J connectivity index is 1.54. The molecular formula is C33H20Cl2N2O5. The lowest BCUT2D eigenvalue weighted by molar-refractivity contribution is -0.384. The highest BCUT2D eigenvalue weighted by Gasteiger charge is 2.71. The topological polar surface area (TPSA) is 97.6 Å². The number of carbonyl (C=O) groups is 3. The number of carbonyl (C=O) groups excluding carboxylic acids is 3. The number of para-hydroxylation sites is 1. The van der Waals surface area contributed by atoms with E-state index in [2.05, 4.69) is 0 Å². The molecule has 1 fully saturated rings. The minimum absolute atomic E-state index is 0.160. The summed E-state index contributed by atoms with van der Waals surface area (Å²) in [7, 11) is 0. The van der Waals surface area contributed by atoms with Gasteiger partial charge in [0.1, 0.15) is 11.5 Å². The summed E-state index contributed by atoms with van der Waals surface area (Å²) in [5.41, 5.74) is 0.883. The first kappa shape index (κ1) is 26.3. The first-order chi connectivity index (χ1) is 20.2. The molecule has 1 aliphatic carbocycles. The molecule has 7 nitrogen and oxygen atoms in total. The Bertz CT molecular complexity index is 1850. The van der Waals surface area contributed by atoms with Gasteiger partial charge in [0, 0.05) is 50.5 Å². The molecule has 0 aromatic heterocycles. The van der Waals surface area contributed by atoms with Crippen LogP contribution >= 0.6 is 23.2 Å². The van der Waals surface area contributed by atoms with Gasteiger partial charge < -0.3 is 4.90 Å². The Hall–Kier alpha value is -4.59. The molecule has 2 heterocycles. The van der Waals surface area contributed by atoms with Crippen LogP contribution in [0.2, 0.25) is 10.0 Å². The third-order valence-corrected chi connectivity index (χ3v) is 9.20. The van der Waals surface area contributed by atoms with Gasteiger partial charge >= 0.3 is 0 Å². The molecule has 206 valence electrons. The smallest absolute Gasteiger partial charge is 0.269 e. The normalized spacial score (nSPS) is 21.3. The van der Waals surface area contributed by atoms with E-state index in [0.717, 1.165) is 5.56 Å². The van der Waals surface area contributed by atoms with Crippen LogP contribution in [0.4, 0.5) is 11.4 Å². The Kier molecular flexibility index (Phi) is 5.94. The number of halogens is 2. The maximum atomic E-state index is 14.7. The quantitative estimate of drug-likeness (QED) is 0.107. The van der Waals surface area contributed by atoms with Crippen LogP contribution in [-0.2, 0) is 0 Å². The number of rotatable bonds is 4. The molecule has 0 amide bonds. The van der Waals surface area contributed by atoms with Crippen LogP contribution in [0.15, 0.2) is 97.1 Å². The summed E-state index contributed by atoms with van der Waals surface area (Å²) >= 11 is 13.1. The number of fused-ring (bicyclic) bond motifs is 5. The molecule has 1 saturated heterocycles. The number of nitro groups is 1. The summed E-state index contributed by atoms with van der Waals surface area (Å²) in [6.45, 7) is 0. The number of benzene rings is 4. The summed E-state index contributed by atoms with van der Waals surface area (Å²) in [5, 5.41) is 11.9. The molecule has 3 aliphatic rings. The van der Waals surface area contributed by atoms with E-state index < -0.39 is 34.1 Å². The van der Waals surface area contributed by atoms with Crippen LogP contribution in [0.1, 0.15) is 48.1 Å². The van der Waals surface area contributed by atoms with Crippen molar-refractivity contribution in [2.24, 2.45) is 5.41 Å². The highest BCUT2D eigenvalue weighted by Crippen LogP contribution is 2.61. The highest BCUT2D eigenvalue weighted by atomic mass is 35.5. The van der Waals surface area contributed by atoms with Gasteiger partial charge in [0.05, 0.1) is 11.0 Å². The average Bonchev–Trinajstić information content (AvgIpc) is 3.43. The largest absolute Gasteiger partial charge is 0.352 e. The molecule has 0 bridgehead atoms. The molecule has 3 unspecified atom stereocenters. The Morgan fingerprint density at radius 3 is 2.14 bits per heavy atom. The van der Waals surface area contributed by atoms with Crippen LogP contribution in [0.25, 0.3) is 6.08 Å². The first-order valence-corrected chi connectivity index (χ1v) is 14.0. The standard InChI is InChI=1S/C33H20Cl2N2O5/c34-20-12-15-24(25(35)17-20)28-29(30(38)19-9-13-21(14-10-19)37(41)42)36-26-8-4-1-5-18(26)11-16-27(36)33(28)31(39)22-6-2-3-7-23(22)32(33)40/h1-17,27-29H. The average molecular weight is 595 g/mol. The lowest BCUT2D eigenvalue weighted by Gasteiger charge is -2.37. The Labute approximate surface area is 250 Å². The molecule has 4 aromatic carbocycles. The molecule has 3 atom stereocenters. The van der Waals surface area contributed by atoms with Crippen LogP contribution < -0.4 is 4.90 Å². The Morgan fingerprint density at radius 2 is 1.50 bits per heavy atom. The fourth-order valence-electron chi connectivity index (χ4n) is 6.93. The summed E-state index contributed by atoms with van der Waals surface area (Å²) in [4.78, 5) is 56.6. The van der Waals surface area contributed by atoms with E-state index in [1.807, 2.05) is 41.3 Å². The second-order valence-electron chi connectivity index (χ2n) is 10.6. The summed E-state index contributed by atoms with van der Waals surface area (Å²) in [6.07, 6.45) is 3.70. The van der Waals surface area contributed by atoms with Gasteiger partial charge in [-0.2, -0.15) is 0 Å². The van der Waals surface area contributed by atoms with Gasteiger partial charge in [-0.05, 0) is 41.5 Å². The molecule has 42 heavy (non-hydrogen) atoms. The van der Waals surface area contributed by atoms with Gasteiger partial charge in [-0.1, -0.05) is 83.9 Å². The number of ketones is 3. The molecule has 0 N–H and O–H groups in total. The van der Waals surface area contributed by atoms with Crippen LogP contribution in [-0.4, -0.2) is 34.4 Å². The Morgan fingerprint density at radius 1 is 0.857 bits per heavy atom. The molecule has 9 heteroatoms. The predicted molar refractivity (Wildman–Crippen MR) is 160 cm³/mol. The van der Waals surface area contributed by atoms with Crippen molar-refractivity contribution < 1.29 is 19.3 Å².